The molecule has 1 aromatic carbocycles. The number of esters is 1. The van der Waals surface area contributed by atoms with Gasteiger partial charge in [0.15, 0.2) is 0 Å². The van der Waals surface area contributed by atoms with Gasteiger partial charge in [0.25, 0.3) is 0 Å². The van der Waals surface area contributed by atoms with Crippen molar-refractivity contribution in [3.05, 3.63) is 23.5 Å². The molecule has 1 rings (SSSR count). The number of anilines is 1. The molecule has 0 fully saturated rings. The van der Waals surface area contributed by atoms with Crippen molar-refractivity contribution >= 4 is 11.7 Å². The van der Waals surface area contributed by atoms with E-state index < -0.39 is 11.8 Å². The van der Waals surface area contributed by atoms with Crippen LogP contribution < -0.4 is 10.5 Å². The summed E-state index contributed by atoms with van der Waals surface area (Å²) >= 11 is 0. The predicted octanol–water partition coefficient (Wildman–Crippen LogP) is 2.37. The van der Waals surface area contributed by atoms with Crippen LogP contribution in [0, 0.1) is 5.82 Å². The van der Waals surface area contributed by atoms with Gasteiger partial charge in [-0.05, 0) is 12.5 Å². The Morgan fingerprint density at radius 2 is 2.18 bits per heavy atom. The van der Waals surface area contributed by atoms with E-state index in [1.54, 1.807) is 0 Å². The molecule has 2 N–H and O–H groups in total. The molecule has 0 aliphatic heterocycles. The van der Waals surface area contributed by atoms with Gasteiger partial charge in [-0.25, -0.2) is 9.18 Å². The number of benzene rings is 1. The lowest BCUT2D eigenvalue weighted by molar-refractivity contribution is 0.0595. The summed E-state index contributed by atoms with van der Waals surface area (Å²) in [6.45, 7) is 2.47. The molecule has 0 saturated heterocycles. The lowest BCUT2D eigenvalue weighted by Crippen LogP contribution is -2.08. The second kappa shape index (κ2) is 6.08. The SMILES string of the molecule is CCCCOc1cc(N)c(F)cc1C(=O)OC. The Balaban J connectivity index is 2.99. The van der Waals surface area contributed by atoms with E-state index in [2.05, 4.69) is 4.74 Å². The van der Waals surface area contributed by atoms with E-state index in [0.29, 0.717) is 6.61 Å². The lowest BCUT2D eigenvalue weighted by atomic mass is 10.1. The van der Waals surface area contributed by atoms with Gasteiger partial charge < -0.3 is 15.2 Å². The molecule has 5 heteroatoms. The Morgan fingerprint density at radius 3 is 2.76 bits per heavy atom. The molecule has 0 radical (unpaired) electrons. The fraction of sp³-hybridized carbons (Fsp3) is 0.417. The molecule has 0 aromatic heterocycles. The number of unbranched alkanes of at least 4 members (excludes halogenated alkanes) is 1. The molecule has 0 bridgehead atoms. The van der Waals surface area contributed by atoms with Crippen LogP contribution in [0.3, 0.4) is 0 Å². The van der Waals surface area contributed by atoms with Gasteiger partial charge >= 0.3 is 5.97 Å². The maximum atomic E-state index is 13.3. The van der Waals surface area contributed by atoms with Crippen LogP contribution in [0.2, 0.25) is 0 Å². The fourth-order valence-electron chi connectivity index (χ4n) is 1.28. The smallest absolute Gasteiger partial charge is 0.341 e. The van der Waals surface area contributed by atoms with Crippen LogP contribution in [0.1, 0.15) is 30.1 Å². The summed E-state index contributed by atoms with van der Waals surface area (Å²) in [7, 11) is 1.23. The molecule has 0 spiro atoms. The predicted molar refractivity (Wildman–Crippen MR) is 62.6 cm³/mol. The number of hydrogen-bond acceptors (Lipinski definition) is 4. The molecule has 0 saturated carbocycles. The topological polar surface area (TPSA) is 61.5 Å². The van der Waals surface area contributed by atoms with Crippen LogP contribution in [0.25, 0.3) is 0 Å². The van der Waals surface area contributed by atoms with Gasteiger partial charge in [0, 0.05) is 6.07 Å². The summed E-state index contributed by atoms with van der Waals surface area (Å²) in [5.74, 6) is -1.05. The Kier molecular flexibility index (Phi) is 4.75. The fourth-order valence-corrected chi connectivity index (χ4v) is 1.28. The molecule has 0 unspecified atom stereocenters. The standard InChI is InChI=1S/C12H16FNO3/c1-3-4-5-17-11-7-10(14)9(13)6-8(11)12(15)16-2/h6-7H,3-5,14H2,1-2H3. The largest absolute Gasteiger partial charge is 0.493 e. The van der Waals surface area contributed by atoms with E-state index in [-0.39, 0.29) is 17.0 Å². The highest BCUT2D eigenvalue weighted by atomic mass is 19.1. The summed E-state index contributed by atoms with van der Waals surface area (Å²) in [6.07, 6.45) is 1.81. The monoisotopic (exact) mass is 241 g/mol. The second-order valence-electron chi connectivity index (χ2n) is 3.56. The molecule has 0 amide bonds. The number of carbonyl (C=O) groups is 1. The normalized spacial score (nSPS) is 10.1. The zero-order valence-electron chi connectivity index (χ0n) is 9.96. The van der Waals surface area contributed by atoms with Gasteiger partial charge in [0.2, 0.25) is 0 Å². The number of carbonyl (C=O) groups excluding carboxylic acids is 1. The second-order valence-corrected chi connectivity index (χ2v) is 3.56. The molecule has 0 atom stereocenters. The van der Waals surface area contributed by atoms with Crippen molar-refractivity contribution in [1.82, 2.24) is 0 Å². The first-order chi connectivity index (χ1) is 8.10. The Labute approximate surface area is 99.5 Å². The van der Waals surface area contributed by atoms with Crippen LogP contribution >= 0.6 is 0 Å². The van der Waals surface area contributed by atoms with Crippen LogP contribution in [0.5, 0.6) is 5.75 Å². The molecule has 4 nitrogen and oxygen atoms in total. The Hall–Kier alpha value is -1.78. The maximum Gasteiger partial charge on any atom is 0.341 e. The van der Waals surface area contributed by atoms with Gasteiger partial charge in [-0.1, -0.05) is 13.3 Å². The first-order valence-corrected chi connectivity index (χ1v) is 5.40. The highest BCUT2D eigenvalue weighted by Gasteiger charge is 2.16. The number of hydrogen-bond donors (Lipinski definition) is 1. The third-order valence-corrected chi connectivity index (χ3v) is 2.26. The Morgan fingerprint density at radius 1 is 1.47 bits per heavy atom. The van der Waals surface area contributed by atoms with Crippen molar-refractivity contribution in [2.75, 3.05) is 19.5 Å². The van der Waals surface area contributed by atoms with Crippen molar-refractivity contribution in [3.8, 4) is 5.75 Å². The van der Waals surface area contributed by atoms with Crippen molar-refractivity contribution < 1.29 is 18.7 Å². The van der Waals surface area contributed by atoms with E-state index in [4.69, 9.17) is 10.5 Å². The first-order valence-electron chi connectivity index (χ1n) is 5.40. The lowest BCUT2D eigenvalue weighted by Gasteiger charge is -2.11. The van der Waals surface area contributed by atoms with Gasteiger partial charge in [0.05, 0.1) is 19.4 Å². The molecular weight excluding hydrogens is 225 g/mol. The van der Waals surface area contributed by atoms with Crippen LogP contribution in [0.4, 0.5) is 10.1 Å². The molecular formula is C12H16FNO3. The Bertz CT molecular complexity index is 407. The molecule has 0 aliphatic rings. The van der Waals surface area contributed by atoms with Gasteiger partial charge in [0.1, 0.15) is 17.1 Å². The average molecular weight is 241 g/mol. The van der Waals surface area contributed by atoms with Crippen LogP contribution in [0.15, 0.2) is 12.1 Å². The summed E-state index contributed by atoms with van der Waals surface area (Å²) in [5.41, 5.74) is 5.43. The molecule has 94 valence electrons. The van der Waals surface area contributed by atoms with E-state index in [1.807, 2.05) is 6.92 Å². The molecule has 1 aromatic rings. The van der Waals surface area contributed by atoms with E-state index in [9.17, 15) is 9.18 Å². The van der Waals surface area contributed by atoms with Crippen LogP contribution in [-0.2, 0) is 4.74 Å². The summed E-state index contributed by atoms with van der Waals surface area (Å²) < 4.78 is 23.2. The number of ether oxygens (including phenoxy) is 2. The van der Waals surface area contributed by atoms with Crippen molar-refractivity contribution in [1.29, 1.82) is 0 Å². The van der Waals surface area contributed by atoms with Crippen molar-refractivity contribution in [3.63, 3.8) is 0 Å². The zero-order valence-corrected chi connectivity index (χ0v) is 9.96. The molecule has 0 heterocycles. The van der Waals surface area contributed by atoms with Crippen molar-refractivity contribution in [2.45, 2.75) is 19.8 Å². The van der Waals surface area contributed by atoms with Gasteiger partial charge in [-0.15, -0.1) is 0 Å². The summed E-state index contributed by atoms with van der Waals surface area (Å²) in [4.78, 5) is 11.4. The van der Waals surface area contributed by atoms with E-state index in [1.165, 1.54) is 13.2 Å². The zero-order chi connectivity index (χ0) is 12.8. The number of methoxy groups -OCH3 is 1. The van der Waals surface area contributed by atoms with Gasteiger partial charge in [-0.2, -0.15) is 0 Å². The summed E-state index contributed by atoms with van der Waals surface area (Å²) in [6, 6.07) is 2.33. The first kappa shape index (κ1) is 13.3. The number of nitrogens with two attached hydrogens (primary N) is 1. The summed E-state index contributed by atoms with van der Waals surface area (Å²) in [5, 5.41) is 0. The highest BCUT2D eigenvalue weighted by Crippen LogP contribution is 2.25. The molecule has 17 heavy (non-hydrogen) atoms. The number of rotatable bonds is 5. The highest BCUT2D eigenvalue weighted by molar-refractivity contribution is 5.93. The minimum Gasteiger partial charge on any atom is -0.493 e. The molecule has 0 aliphatic carbocycles. The van der Waals surface area contributed by atoms with E-state index in [0.717, 1.165) is 18.9 Å². The number of halogens is 1. The maximum absolute atomic E-state index is 13.3. The van der Waals surface area contributed by atoms with E-state index >= 15 is 0 Å². The number of nitrogen functional groups attached to an aromatic ring is 1. The minimum atomic E-state index is -0.659. The third kappa shape index (κ3) is 3.34. The quantitative estimate of drug-likeness (QED) is 0.488. The van der Waals surface area contributed by atoms with Crippen molar-refractivity contribution in [2.24, 2.45) is 0 Å². The third-order valence-electron chi connectivity index (χ3n) is 2.26. The van der Waals surface area contributed by atoms with Crippen LogP contribution in [-0.4, -0.2) is 19.7 Å². The average Bonchev–Trinajstić information content (AvgIpc) is 2.32. The van der Waals surface area contributed by atoms with Gasteiger partial charge in [-0.3, -0.25) is 0 Å². The minimum absolute atomic E-state index is 0.0512.